The van der Waals surface area contributed by atoms with Gasteiger partial charge in [0.15, 0.2) is 0 Å². The van der Waals surface area contributed by atoms with Crippen molar-refractivity contribution in [2.24, 2.45) is 0 Å². The summed E-state index contributed by atoms with van der Waals surface area (Å²) in [6.07, 6.45) is 2.48. The second-order valence-corrected chi connectivity index (χ2v) is 10.8. The molecule has 0 spiro atoms. The van der Waals surface area contributed by atoms with Crippen molar-refractivity contribution in [3.63, 3.8) is 0 Å². The van der Waals surface area contributed by atoms with Crippen LogP contribution in [-0.2, 0) is 25.7 Å². The SMILES string of the molecule is CC(C)(C)OC(=O)N1CC2CC(C1)N2CC(=O)Nc1cc2c(cn1)C(=O)N(C1CCC(=O)NC1=O)C2. The second kappa shape index (κ2) is 8.84. The van der Waals surface area contributed by atoms with Crippen LogP contribution in [0, 0.1) is 0 Å². The van der Waals surface area contributed by atoms with Crippen molar-refractivity contribution in [3.05, 3.63) is 23.4 Å². The molecule has 5 aliphatic rings. The highest BCUT2D eigenvalue weighted by atomic mass is 16.6. The fraction of sp³-hybridized carbons (Fsp3) is 0.583. The number of anilines is 1. The standard InChI is InChI=1S/C24H30N6O6/c1-24(2,3)36-23(35)28-10-14-7-15(11-28)29(14)12-20(32)26-18-6-13-9-30(22(34)16(13)8-25-18)17-4-5-19(31)27-21(17)33/h6,8,14-15,17H,4-5,7,9-12H2,1-3H3,(H,25,26,32)(H,27,31,33). The van der Waals surface area contributed by atoms with E-state index >= 15 is 0 Å². The summed E-state index contributed by atoms with van der Waals surface area (Å²) in [5.74, 6) is -1.02. The van der Waals surface area contributed by atoms with Gasteiger partial charge in [0.25, 0.3) is 5.91 Å². The van der Waals surface area contributed by atoms with Crippen LogP contribution in [0.3, 0.4) is 0 Å². The van der Waals surface area contributed by atoms with Gasteiger partial charge in [0.05, 0.1) is 12.1 Å². The summed E-state index contributed by atoms with van der Waals surface area (Å²) in [5.41, 5.74) is 0.506. The van der Waals surface area contributed by atoms with E-state index in [2.05, 4.69) is 20.5 Å². The number of rotatable bonds is 4. The summed E-state index contributed by atoms with van der Waals surface area (Å²) in [7, 11) is 0. The zero-order valence-corrected chi connectivity index (χ0v) is 20.6. The Morgan fingerprint density at radius 3 is 2.58 bits per heavy atom. The molecule has 12 heteroatoms. The molecule has 4 fully saturated rings. The third-order valence-electron chi connectivity index (χ3n) is 7.00. The number of aromatic nitrogens is 1. The molecule has 2 bridgehead atoms. The average molecular weight is 499 g/mol. The Morgan fingerprint density at radius 2 is 1.92 bits per heavy atom. The average Bonchev–Trinajstić information content (AvgIpc) is 3.12. The number of ether oxygens (including phenoxy) is 1. The van der Waals surface area contributed by atoms with Gasteiger partial charge in [0.1, 0.15) is 17.5 Å². The maximum Gasteiger partial charge on any atom is 0.410 e. The van der Waals surface area contributed by atoms with Crippen molar-refractivity contribution in [3.8, 4) is 0 Å². The van der Waals surface area contributed by atoms with E-state index in [1.165, 1.54) is 11.1 Å². The fourth-order valence-electron chi connectivity index (χ4n) is 5.30. The minimum absolute atomic E-state index is 0.106. The van der Waals surface area contributed by atoms with Gasteiger partial charge >= 0.3 is 6.09 Å². The van der Waals surface area contributed by atoms with E-state index in [-0.39, 0.29) is 61.8 Å². The van der Waals surface area contributed by atoms with E-state index in [9.17, 15) is 24.0 Å². The predicted octanol–water partition coefficient (Wildman–Crippen LogP) is 0.475. The molecule has 3 unspecified atom stereocenters. The Hall–Kier alpha value is -3.54. The van der Waals surface area contributed by atoms with Crippen molar-refractivity contribution in [2.75, 3.05) is 25.0 Å². The first-order chi connectivity index (χ1) is 17.0. The number of carbonyl (C=O) groups is 5. The molecule has 6 rings (SSSR count). The molecule has 2 N–H and O–H groups in total. The van der Waals surface area contributed by atoms with Gasteiger partial charge < -0.3 is 19.9 Å². The summed E-state index contributed by atoms with van der Waals surface area (Å²) < 4.78 is 5.46. The maximum atomic E-state index is 12.8. The molecular weight excluding hydrogens is 468 g/mol. The summed E-state index contributed by atoms with van der Waals surface area (Å²) in [4.78, 5) is 71.0. The summed E-state index contributed by atoms with van der Waals surface area (Å²) in [6, 6.07) is 1.16. The lowest BCUT2D eigenvalue weighted by Crippen LogP contribution is -2.70. The monoisotopic (exact) mass is 498 g/mol. The molecule has 0 radical (unpaired) electrons. The number of nitrogens with one attached hydrogen (secondary N) is 2. The van der Waals surface area contributed by atoms with Crippen LogP contribution in [0.4, 0.5) is 10.6 Å². The molecule has 6 heterocycles. The van der Waals surface area contributed by atoms with Crippen LogP contribution in [0.5, 0.6) is 0 Å². The molecule has 192 valence electrons. The van der Waals surface area contributed by atoms with Crippen LogP contribution in [0.2, 0.25) is 0 Å². The lowest BCUT2D eigenvalue weighted by Gasteiger charge is -2.55. The number of amides is 5. The minimum Gasteiger partial charge on any atom is -0.444 e. The molecule has 5 amide bonds. The highest BCUT2D eigenvalue weighted by molar-refractivity contribution is 6.05. The predicted molar refractivity (Wildman–Crippen MR) is 126 cm³/mol. The number of carbonyl (C=O) groups excluding carboxylic acids is 5. The number of hydrogen-bond donors (Lipinski definition) is 2. The van der Waals surface area contributed by atoms with Crippen molar-refractivity contribution < 1.29 is 28.7 Å². The molecule has 4 saturated heterocycles. The summed E-state index contributed by atoms with van der Waals surface area (Å²) in [5, 5.41) is 5.08. The van der Waals surface area contributed by atoms with Crippen LogP contribution < -0.4 is 10.6 Å². The number of piperidine rings is 2. The second-order valence-electron chi connectivity index (χ2n) is 10.8. The van der Waals surface area contributed by atoms with Crippen LogP contribution >= 0.6 is 0 Å². The van der Waals surface area contributed by atoms with E-state index < -0.39 is 17.6 Å². The minimum atomic E-state index is -0.702. The van der Waals surface area contributed by atoms with Crippen molar-refractivity contribution in [1.29, 1.82) is 0 Å². The van der Waals surface area contributed by atoms with Gasteiger partial charge in [-0.05, 0) is 45.2 Å². The lowest BCUT2D eigenvalue weighted by molar-refractivity contribution is -0.137. The van der Waals surface area contributed by atoms with Gasteiger partial charge in [-0.15, -0.1) is 0 Å². The van der Waals surface area contributed by atoms with Crippen LogP contribution in [-0.4, -0.2) is 92.8 Å². The van der Waals surface area contributed by atoms with Gasteiger partial charge in [-0.1, -0.05) is 0 Å². The Kier molecular flexibility index (Phi) is 5.93. The largest absolute Gasteiger partial charge is 0.444 e. The first-order valence-electron chi connectivity index (χ1n) is 12.2. The lowest BCUT2D eigenvalue weighted by atomic mass is 9.87. The van der Waals surface area contributed by atoms with Crippen LogP contribution in [0.15, 0.2) is 12.3 Å². The van der Waals surface area contributed by atoms with Crippen molar-refractivity contribution in [1.82, 2.24) is 25.0 Å². The van der Waals surface area contributed by atoms with Crippen molar-refractivity contribution >= 4 is 35.5 Å². The molecule has 1 aromatic rings. The van der Waals surface area contributed by atoms with Gasteiger partial charge in [0.2, 0.25) is 17.7 Å². The van der Waals surface area contributed by atoms with Gasteiger partial charge in [-0.2, -0.15) is 0 Å². The first-order valence-corrected chi connectivity index (χ1v) is 12.2. The Balaban J connectivity index is 1.16. The highest BCUT2D eigenvalue weighted by Crippen LogP contribution is 2.33. The molecule has 0 aromatic carbocycles. The van der Waals surface area contributed by atoms with Gasteiger partial charge in [-0.25, -0.2) is 9.78 Å². The molecule has 12 nitrogen and oxygen atoms in total. The Bertz CT molecular complexity index is 1130. The Morgan fingerprint density at radius 1 is 1.19 bits per heavy atom. The molecule has 0 saturated carbocycles. The van der Waals surface area contributed by atoms with E-state index in [1.807, 2.05) is 20.8 Å². The fourth-order valence-corrected chi connectivity index (χ4v) is 5.30. The molecular formula is C24H30N6O6. The number of pyridine rings is 1. The van der Waals surface area contributed by atoms with E-state index in [0.29, 0.717) is 30.0 Å². The normalized spacial score (nSPS) is 25.8. The Labute approximate surface area is 208 Å². The third-order valence-corrected chi connectivity index (χ3v) is 7.00. The van der Waals surface area contributed by atoms with Gasteiger partial charge in [-0.3, -0.25) is 29.4 Å². The number of fused-ring (bicyclic) bond motifs is 3. The summed E-state index contributed by atoms with van der Waals surface area (Å²) >= 11 is 0. The number of nitrogens with zero attached hydrogens (tertiary/aromatic N) is 4. The quantitative estimate of drug-likeness (QED) is 0.571. The van der Waals surface area contributed by atoms with E-state index in [1.54, 1.807) is 11.0 Å². The zero-order chi connectivity index (χ0) is 25.8. The molecule has 36 heavy (non-hydrogen) atoms. The number of piperazine rings is 1. The first kappa shape index (κ1) is 24.2. The van der Waals surface area contributed by atoms with E-state index in [0.717, 1.165) is 6.42 Å². The molecule has 3 atom stereocenters. The third kappa shape index (κ3) is 4.64. The van der Waals surface area contributed by atoms with Crippen molar-refractivity contribution in [2.45, 2.75) is 70.3 Å². The number of imide groups is 1. The number of hydrogen-bond acceptors (Lipinski definition) is 8. The molecule has 5 aliphatic heterocycles. The highest BCUT2D eigenvalue weighted by Gasteiger charge is 2.47. The topological polar surface area (TPSA) is 141 Å². The van der Waals surface area contributed by atoms with Gasteiger partial charge in [0, 0.05) is 44.3 Å². The maximum absolute atomic E-state index is 12.8. The smallest absolute Gasteiger partial charge is 0.410 e. The molecule has 1 aromatic heterocycles. The molecule has 0 aliphatic carbocycles. The van der Waals surface area contributed by atoms with E-state index in [4.69, 9.17) is 4.74 Å². The van der Waals surface area contributed by atoms with Crippen LogP contribution in [0.25, 0.3) is 0 Å². The zero-order valence-electron chi connectivity index (χ0n) is 20.6. The van der Waals surface area contributed by atoms with Crippen LogP contribution in [0.1, 0.15) is 56.0 Å². The summed E-state index contributed by atoms with van der Waals surface area (Å²) in [6.45, 7) is 6.94.